The number of likely N-dealkylation sites (N-methyl/N-ethyl adjacent to an activating group) is 1. The van der Waals surface area contributed by atoms with Crippen molar-refractivity contribution < 1.29 is 4.79 Å². The molecule has 5 rings (SSSR count). The van der Waals surface area contributed by atoms with Gasteiger partial charge >= 0.3 is 0 Å². The van der Waals surface area contributed by atoms with E-state index >= 15 is 0 Å². The number of aromatic nitrogens is 3. The first-order valence-corrected chi connectivity index (χ1v) is 10.4. The Labute approximate surface area is 176 Å². The van der Waals surface area contributed by atoms with Gasteiger partial charge in [0.15, 0.2) is 0 Å². The lowest BCUT2D eigenvalue weighted by Gasteiger charge is -2.14. The van der Waals surface area contributed by atoms with Crippen LogP contribution in [0, 0.1) is 0 Å². The Bertz CT molecular complexity index is 1020. The smallest absolute Gasteiger partial charge is 0.236 e. The maximum absolute atomic E-state index is 11.8. The summed E-state index contributed by atoms with van der Waals surface area (Å²) in [6, 6.07) is 17.2. The second-order valence-electron chi connectivity index (χ2n) is 8.16. The van der Waals surface area contributed by atoms with E-state index in [4.69, 9.17) is 0 Å². The molecular weight excluding hydrogens is 376 g/mol. The zero-order chi connectivity index (χ0) is 20.5. The number of fused-ring (bicyclic) bond motifs is 1. The van der Waals surface area contributed by atoms with Gasteiger partial charge in [0.05, 0.1) is 18.3 Å². The molecule has 3 heterocycles. The predicted molar refractivity (Wildman–Crippen MR) is 114 cm³/mol. The van der Waals surface area contributed by atoms with Gasteiger partial charge in [-0.2, -0.15) is 0 Å². The second kappa shape index (κ2) is 8.01. The van der Waals surface area contributed by atoms with Crippen LogP contribution in [0.2, 0.25) is 0 Å². The van der Waals surface area contributed by atoms with Gasteiger partial charge in [-0.25, -0.2) is 4.68 Å². The van der Waals surface area contributed by atoms with E-state index in [2.05, 4.69) is 74.4 Å². The van der Waals surface area contributed by atoms with Crippen LogP contribution in [0.1, 0.15) is 29.2 Å². The average molecular weight is 403 g/mol. The zero-order valence-corrected chi connectivity index (χ0v) is 17.1. The van der Waals surface area contributed by atoms with Crippen LogP contribution in [-0.2, 0) is 24.4 Å². The van der Waals surface area contributed by atoms with Crippen LogP contribution < -0.4 is 10.6 Å². The van der Waals surface area contributed by atoms with Gasteiger partial charge < -0.3 is 10.6 Å². The number of amides is 1. The molecule has 1 aromatic heterocycles. The summed E-state index contributed by atoms with van der Waals surface area (Å²) in [5.41, 5.74) is 6.09. The van der Waals surface area contributed by atoms with Crippen molar-refractivity contribution in [2.75, 3.05) is 13.6 Å². The monoisotopic (exact) mass is 402 g/mol. The Morgan fingerprint density at radius 2 is 1.87 bits per heavy atom. The predicted octanol–water partition coefficient (Wildman–Crippen LogP) is 2.11. The number of rotatable bonds is 5. The molecule has 0 aliphatic carbocycles. The maximum Gasteiger partial charge on any atom is 0.236 e. The molecule has 7 nitrogen and oxygen atoms in total. The van der Waals surface area contributed by atoms with E-state index in [9.17, 15) is 4.79 Å². The van der Waals surface area contributed by atoms with Crippen molar-refractivity contribution in [2.24, 2.45) is 0 Å². The molecule has 0 unspecified atom stereocenters. The molecule has 2 aliphatic heterocycles. The molecule has 154 valence electrons. The number of nitrogens with zero attached hydrogens (tertiary/aromatic N) is 4. The highest BCUT2D eigenvalue weighted by molar-refractivity contribution is 5.81. The van der Waals surface area contributed by atoms with Crippen molar-refractivity contribution in [1.82, 2.24) is 30.5 Å². The van der Waals surface area contributed by atoms with E-state index in [1.54, 1.807) is 7.05 Å². The van der Waals surface area contributed by atoms with Gasteiger partial charge in [-0.15, -0.1) is 5.10 Å². The molecule has 0 spiro atoms. The van der Waals surface area contributed by atoms with E-state index in [0.29, 0.717) is 0 Å². The standard InChI is InChI=1S/C23H26N6O/c1-24-23(30)21-10-20(11-25-21)29-15-22(26-27-29)17-8-6-16(7-9-17)12-28-13-18-4-2-3-5-19(18)14-28/h2-9,15,20-21,25H,10-14H2,1H3,(H,24,30)/t20-,21+/m1/s1. The number of benzene rings is 2. The number of hydrogen-bond acceptors (Lipinski definition) is 5. The number of hydrogen-bond donors (Lipinski definition) is 2. The molecule has 0 radical (unpaired) electrons. The average Bonchev–Trinajstić information content (AvgIpc) is 3.52. The summed E-state index contributed by atoms with van der Waals surface area (Å²) in [6.45, 7) is 3.69. The molecule has 1 amide bonds. The summed E-state index contributed by atoms with van der Waals surface area (Å²) < 4.78 is 1.88. The third-order valence-corrected chi connectivity index (χ3v) is 6.12. The van der Waals surface area contributed by atoms with Crippen molar-refractivity contribution in [1.29, 1.82) is 0 Å². The third-order valence-electron chi connectivity index (χ3n) is 6.12. The molecule has 2 aromatic carbocycles. The lowest BCUT2D eigenvalue weighted by molar-refractivity contribution is -0.122. The minimum Gasteiger partial charge on any atom is -0.358 e. The lowest BCUT2D eigenvalue weighted by Crippen LogP contribution is -2.38. The van der Waals surface area contributed by atoms with Crippen LogP contribution in [-0.4, -0.2) is 45.4 Å². The van der Waals surface area contributed by atoms with Crippen LogP contribution in [0.3, 0.4) is 0 Å². The minimum atomic E-state index is -0.163. The Kier molecular flexibility index (Phi) is 5.06. The fraction of sp³-hybridized carbons (Fsp3) is 0.348. The largest absolute Gasteiger partial charge is 0.358 e. The molecular formula is C23H26N6O. The van der Waals surface area contributed by atoms with E-state index < -0.39 is 0 Å². The Morgan fingerprint density at radius 1 is 1.13 bits per heavy atom. The van der Waals surface area contributed by atoms with Crippen molar-refractivity contribution >= 4 is 5.91 Å². The highest BCUT2D eigenvalue weighted by atomic mass is 16.2. The molecule has 2 atom stereocenters. The van der Waals surface area contributed by atoms with Crippen LogP contribution >= 0.6 is 0 Å². The molecule has 0 bridgehead atoms. The molecule has 30 heavy (non-hydrogen) atoms. The topological polar surface area (TPSA) is 75.1 Å². The first-order chi connectivity index (χ1) is 14.7. The van der Waals surface area contributed by atoms with Crippen LogP contribution in [0.15, 0.2) is 54.7 Å². The molecule has 1 saturated heterocycles. The molecule has 7 heteroatoms. The summed E-state index contributed by atoms with van der Waals surface area (Å²) in [6.07, 6.45) is 2.70. The van der Waals surface area contributed by atoms with Gasteiger partial charge in [0, 0.05) is 38.8 Å². The quantitative estimate of drug-likeness (QED) is 0.684. The maximum atomic E-state index is 11.8. The normalized spacial score (nSPS) is 21.0. The molecule has 1 fully saturated rings. The van der Waals surface area contributed by atoms with E-state index in [-0.39, 0.29) is 18.0 Å². The molecule has 2 aliphatic rings. The van der Waals surface area contributed by atoms with Gasteiger partial charge in [-0.1, -0.05) is 53.7 Å². The van der Waals surface area contributed by atoms with Crippen molar-refractivity contribution in [2.45, 2.75) is 38.1 Å². The van der Waals surface area contributed by atoms with Gasteiger partial charge in [0.25, 0.3) is 0 Å². The van der Waals surface area contributed by atoms with Crippen LogP contribution in [0.4, 0.5) is 0 Å². The summed E-state index contributed by atoms with van der Waals surface area (Å²) >= 11 is 0. The Morgan fingerprint density at radius 3 is 2.57 bits per heavy atom. The molecule has 0 saturated carbocycles. The van der Waals surface area contributed by atoms with E-state index in [0.717, 1.165) is 43.9 Å². The fourth-order valence-corrected chi connectivity index (χ4v) is 4.43. The molecule has 2 N–H and O–H groups in total. The highest BCUT2D eigenvalue weighted by Gasteiger charge is 2.30. The SMILES string of the molecule is CNC(=O)[C@@H]1C[C@@H](n2cc(-c3ccc(CN4Cc5ccccc5C4)cc3)nn2)CN1. The molecule has 3 aromatic rings. The van der Waals surface area contributed by atoms with Crippen molar-refractivity contribution in [3.05, 3.63) is 71.4 Å². The Hall–Kier alpha value is -3.03. The third kappa shape index (κ3) is 3.74. The minimum absolute atomic E-state index is 0.0227. The highest BCUT2D eigenvalue weighted by Crippen LogP contribution is 2.26. The first kappa shape index (κ1) is 19.0. The van der Waals surface area contributed by atoms with Gasteiger partial charge in [-0.05, 0) is 23.1 Å². The van der Waals surface area contributed by atoms with E-state index in [1.165, 1.54) is 16.7 Å². The van der Waals surface area contributed by atoms with Crippen molar-refractivity contribution in [3.63, 3.8) is 0 Å². The number of nitrogens with one attached hydrogen (secondary N) is 2. The van der Waals surface area contributed by atoms with Gasteiger partial charge in [0.2, 0.25) is 5.91 Å². The van der Waals surface area contributed by atoms with Crippen LogP contribution in [0.5, 0.6) is 0 Å². The van der Waals surface area contributed by atoms with E-state index in [1.807, 2.05) is 10.9 Å². The lowest BCUT2D eigenvalue weighted by atomic mass is 10.1. The van der Waals surface area contributed by atoms with Gasteiger partial charge in [0.1, 0.15) is 5.69 Å². The summed E-state index contributed by atoms with van der Waals surface area (Å²) in [4.78, 5) is 14.3. The zero-order valence-electron chi connectivity index (χ0n) is 17.1. The van der Waals surface area contributed by atoms with Gasteiger partial charge in [-0.3, -0.25) is 9.69 Å². The second-order valence-corrected chi connectivity index (χ2v) is 8.16. The summed E-state index contributed by atoms with van der Waals surface area (Å²) in [7, 11) is 1.66. The fourth-order valence-electron chi connectivity index (χ4n) is 4.43. The summed E-state index contributed by atoms with van der Waals surface area (Å²) in [5.74, 6) is 0.0227. The van der Waals surface area contributed by atoms with Crippen molar-refractivity contribution in [3.8, 4) is 11.3 Å². The number of carbonyl (C=O) groups is 1. The number of carbonyl (C=O) groups excluding carboxylic acids is 1. The first-order valence-electron chi connectivity index (χ1n) is 10.4. The summed E-state index contributed by atoms with van der Waals surface area (Å²) in [5, 5.41) is 14.6. The Balaban J connectivity index is 1.22. The van der Waals surface area contributed by atoms with Crippen LogP contribution in [0.25, 0.3) is 11.3 Å².